The van der Waals surface area contributed by atoms with Crippen LogP contribution in [-0.2, 0) is 13.9 Å². The van der Waals surface area contributed by atoms with Crippen LogP contribution in [0.3, 0.4) is 0 Å². The molecule has 0 amide bonds. The molecule has 0 atom stereocenters. The van der Waals surface area contributed by atoms with Gasteiger partial charge in [-0.1, -0.05) is 6.07 Å². The van der Waals surface area contributed by atoms with E-state index in [1.54, 1.807) is 0 Å². The summed E-state index contributed by atoms with van der Waals surface area (Å²) in [6.07, 6.45) is 0. The molecular weight excluding hydrogens is 246 g/mol. The fourth-order valence-electron chi connectivity index (χ4n) is 1.11. The first-order chi connectivity index (χ1) is 6.90. The highest BCUT2D eigenvalue weighted by atomic mass is 35.5. The van der Waals surface area contributed by atoms with Gasteiger partial charge in [-0.25, -0.2) is 0 Å². The highest BCUT2D eigenvalue weighted by Gasteiger charge is 2.23. The van der Waals surface area contributed by atoms with Gasteiger partial charge in [0.2, 0.25) is 0 Å². The SMILES string of the molecule is Cc1c([N+](=O)[O-])cccc1S(=O)(=O)OCl. The van der Waals surface area contributed by atoms with Gasteiger partial charge in [-0.3, -0.25) is 10.1 Å². The van der Waals surface area contributed by atoms with Crippen LogP contribution in [0.2, 0.25) is 0 Å². The van der Waals surface area contributed by atoms with Crippen molar-refractivity contribution in [2.45, 2.75) is 11.8 Å². The van der Waals surface area contributed by atoms with Crippen LogP contribution in [0, 0.1) is 17.0 Å². The van der Waals surface area contributed by atoms with Gasteiger partial charge in [0, 0.05) is 11.6 Å². The van der Waals surface area contributed by atoms with Crippen LogP contribution in [0.5, 0.6) is 0 Å². The van der Waals surface area contributed by atoms with Crippen molar-refractivity contribution < 1.29 is 17.1 Å². The predicted octanol–water partition coefficient (Wildman–Crippen LogP) is 1.76. The van der Waals surface area contributed by atoms with Crippen molar-refractivity contribution in [2.75, 3.05) is 0 Å². The number of hydrogen-bond acceptors (Lipinski definition) is 5. The van der Waals surface area contributed by atoms with E-state index in [1.807, 2.05) is 0 Å². The second kappa shape index (κ2) is 4.13. The minimum atomic E-state index is -4.12. The first-order valence-electron chi connectivity index (χ1n) is 3.69. The zero-order valence-electron chi connectivity index (χ0n) is 7.51. The lowest BCUT2D eigenvalue weighted by molar-refractivity contribution is -0.385. The predicted molar refractivity (Wildman–Crippen MR) is 52.0 cm³/mol. The van der Waals surface area contributed by atoms with Gasteiger partial charge in [0.1, 0.15) is 4.90 Å². The number of halogens is 1. The molecule has 0 unspecified atom stereocenters. The molecule has 0 spiro atoms. The average molecular weight is 252 g/mol. The van der Waals surface area contributed by atoms with Gasteiger partial charge in [0.05, 0.1) is 16.8 Å². The van der Waals surface area contributed by atoms with Crippen molar-refractivity contribution in [1.82, 2.24) is 0 Å². The molecule has 0 heterocycles. The molecule has 0 aromatic heterocycles. The largest absolute Gasteiger partial charge is 0.313 e. The Labute approximate surface area is 90.9 Å². The van der Waals surface area contributed by atoms with Gasteiger partial charge < -0.3 is 0 Å². The number of hydrogen-bond donors (Lipinski definition) is 0. The van der Waals surface area contributed by atoms with Gasteiger partial charge in [-0.15, -0.1) is 0 Å². The Hall–Kier alpha value is -1.18. The summed E-state index contributed by atoms with van der Waals surface area (Å²) in [7, 11) is -4.12. The summed E-state index contributed by atoms with van der Waals surface area (Å²) in [6.45, 7) is 1.31. The van der Waals surface area contributed by atoms with Gasteiger partial charge in [-0.2, -0.15) is 12.2 Å². The maximum Gasteiger partial charge on any atom is 0.313 e. The lowest BCUT2D eigenvalue weighted by Crippen LogP contribution is -2.04. The highest BCUT2D eigenvalue weighted by molar-refractivity contribution is 7.87. The number of rotatable bonds is 3. The summed E-state index contributed by atoms with van der Waals surface area (Å²) in [6, 6.07) is 3.62. The number of nitro benzene ring substituents is 1. The Morgan fingerprint density at radius 3 is 2.53 bits per heavy atom. The van der Waals surface area contributed by atoms with Crippen molar-refractivity contribution in [1.29, 1.82) is 0 Å². The molecule has 0 saturated carbocycles. The van der Waals surface area contributed by atoms with Crippen LogP contribution < -0.4 is 0 Å². The average Bonchev–Trinajstić information content (AvgIpc) is 2.17. The number of nitrogens with zero attached hydrogens (tertiary/aromatic N) is 1. The molecule has 0 bridgehead atoms. The third kappa shape index (κ3) is 2.25. The van der Waals surface area contributed by atoms with Crippen LogP contribution in [0.1, 0.15) is 5.56 Å². The molecule has 1 rings (SSSR count). The van der Waals surface area contributed by atoms with Crippen LogP contribution >= 0.6 is 11.9 Å². The lowest BCUT2D eigenvalue weighted by atomic mass is 10.2. The van der Waals surface area contributed by atoms with Gasteiger partial charge in [-0.05, 0) is 13.0 Å². The molecule has 82 valence electrons. The van der Waals surface area contributed by atoms with Crippen LogP contribution in [-0.4, -0.2) is 13.3 Å². The zero-order chi connectivity index (χ0) is 11.6. The zero-order valence-corrected chi connectivity index (χ0v) is 9.08. The Bertz CT molecular complexity index is 498. The fourth-order valence-corrected chi connectivity index (χ4v) is 2.10. The number of nitro groups is 1. The standard InChI is InChI=1S/C7H6ClNO5S/c1-5-6(9(10)11)3-2-4-7(5)15(12,13)14-8/h2-4H,1H3. The molecule has 0 aliphatic carbocycles. The maximum absolute atomic E-state index is 11.2. The van der Waals surface area contributed by atoms with Gasteiger partial charge in [0.15, 0.2) is 0 Å². The maximum atomic E-state index is 11.2. The highest BCUT2D eigenvalue weighted by Crippen LogP contribution is 2.26. The number of benzene rings is 1. The first-order valence-corrected chi connectivity index (χ1v) is 5.41. The van der Waals surface area contributed by atoms with Crippen molar-refractivity contribution in [3.05, 3.63) is 33.9 Å². The molecule has 8 heteroatoms. The van der Waals surface area contributed by atoms with Crippen molar-refractivity contribution >= 4 is 27.7 Å². The molecule has 0 aliphatic heterocycles. The summed E-state index contributed by atoms with van der Waals surface area (Å²) >= 11 is 4.77. The van der Waals surface area contributed by atoms with E-state index in [1.165, 1.54) is 25.1 Å². The molecule has 0 radical (unpaired) electrons. The monoisotopic (exact) mass is 251 g/mol. The van der Waals surface area contributed by atoms with E-state index in [0.29, 0.717) is 0 Å². The van der Waals surface area contributed by atoms with Gasteiger partial charge in [0.25, 0.3) is 5.69 Å². The summed E-state index contributed by atoms with van der Waals surface area (Å²) in [5.41, 5.74) is -0.312. The summed E-state index contributed by atoms with van der Waals surface area (Å²) in [5, 5.41) is 10.5. The third-order valence-electron chi connectivity index (χ3n) is 1.80. The molecule has 1 aromatic rings. The van der Waals surface area contributed by atoms with E-state index in [2.05, 4.69) is 3.74 Å². The minimum Gasteiger partial charge on any atom is -0.258 e. The molecule has 0 aliphatic rings. The van der Waals surface area contributed by atoms with Gasteiger partial charge >= 0.3 is 10.1 Å². The normalized spacial score (nSPS) is 11.3. The van der Waals surface area contributed by atoms with Crippen molar-refractivity contribution in [2.24, 2.45) is 0 Å². The molecular formula is C7H6ClNO5S. The Kier molecular flexibility index (Phi) is 3.28. The quantitative estimate of drug-likeness (QED) is 0.603. The molecule has 6 nitrogen and oxygen atoms in total. The summed E-state index contributed by atoms with van der Waals surface area (Å²) in [4.78, 5) is 9.53. The second-order valence-electron chi connectivity index (χ2n) is 2.67. The minimum absolute atomic E-state index is 0.0110. The Balaban J connectivity index is 3.47. The third-order valence-corrected chi connectivity index (χ3v) is 3.45. The lowest BCUT2D eigenvalue weighted by Gasteiger charge is -2.03. The van der Waals surface area contributed by atoms with E-state index in [4.69, 9.17) is 11.9 Å². The second-order valence-corrected chi connectivity index (χ2v) is 4.53. The molecule has 15 heavy (non-hydrogen) atoms. The van der Waals surface area contributed by atoms with E-state index in [-0.39, 0.29) is 16.1 Å². The molecule has 1 aromatic carbocycles. The summed E-state index contributed by atoms with van der Waals surface area (Å²) in [5.74, 6) is 0. The van der Waals surface area contributed by atoms with Crippen LogP contribution in [0.4, 0.5) is 5.69 Å². The topological polar surface area (TPSA) is 86.5 Å². The smallest absolute Gasteiger partial charge is 0.258 e. The molecule has 0 saturated heterocycles. The van der Waals surface area contributed by atoms with E-state index in [0.717, 1.165) is 0 Å². The Morgan fingerprint density at radius 2 is 2.07 bits per heavy atom. The first kappa shape index (κ1) is 11.9. The summed E-state index contributed by atoms with van der Waals surface area (Å²) < 4.78 is 26.2. The Morgan fingerprint density at radius 1 is 1.47 bits per heavy atom. The van der Waals surface area contributed by atoms with E-state index >= 15 is 0 Å². The fraction of sp³-hybridized carbons (Fsp3) is 0.143. The van der Waals surface area contributed by atoms with Crippen molar-refractivity contribution in [3.63, 3.8) is 0 Å². The van der Waals surface area contributed by atoms with Crippen LogP contribution in [0.15, 0.2) is 23.1 Å². The van der Waals surface area contributed by atoms with Crippen molar-refractivity contribution in [3.8, 4) is 0 Å². The molecule has 0 N–H and O–H groups in total. The van der Waals surface area contributed by atoms with E-state index < -0.39 is 15.0 Å². The van der Waals surface area contributed by atoms with Crippen LogP contribution in [0.25, 0.3) is 0 Å². The van der Waals surface area contributed by atoms with E-state index in [9.17, 15) is 18.5 Å². The molecule has 0 fully saturated rings.